The van der Waals surface area contributed by atoms with Crippen molar-refractivity contribution in [2.24, 2.45) is 0 Å². The van der Waals surface area contributed by atoms with Gasteiger partial charge in [-0.3, -0.25) is 4.79 Å². The van der Waals surface area contributed by atoms with E-state index in [-0.39, 0.29) is 11.3 Å². The van der Waals surface area contributed by atoms with Crippen LogP contribution in [0.25, 0.3) is 10.9 Å². The van der Waals surface area contributed by atoms with Crippen molar-refractivity contribution in [3.05, 3.63) is 34.4 Å². The van der Waals surface area contributed by atoms with Crippen LogP contribution >= 0.6 is 0 Å². The Morgan fingerprint density at radius 2 is 2.43 bits per heavy atom. The number of H-pyrrole nitrogens is 1. The average Bonchev–Trinajstić information content (AvgIpc) is 2.18. The van der Waals surface area contributed by atoms with Gasteiger partial charge >= 0.3 is 0 Å². The highest BCUT2D eigenvalue weighted by atomic mass is 16.5. The van der Waals surface area contributed by atoms with Gasteiger partial charge in [0.05, 0.1) is 28.4 Å². The number of aryl methyl sites for hydroxylation is 1. The molecule has 0 saturated heterocycles. The van der Waals surface area contributed by atoms with Crippen LogP contribution in [0.2, 0.25) is 0 Å². The number of hydrogen-bond acceptors (Lipinski definition) is 3. The van der Waals surface area contributed by atoms with Gasteiger partial charge in [-0.05, 0) is 24.6 Å². The van der Waals surface area contributed by atoms with Gasteiger partial charge in [-0.1, -0.05) is 0 Å². The third kappa shape index (κ3) is 1.25. The highest BCUT2D eigenvalue weighted by Gasteiger charge is 2.04. The molecule has 1 N–H and O–H groups in total. The summed E-state index contributed by atoms with van der Waals surface area (Å²) in [5.74, 6) is 0.163. The molecule has 0 aliphatic rings. The molecule has 0 radical (unpaired) electrons. The summed E-state index contributed by atoms with van der Waals surface area (Å²) in [6.07, 6.45) is 1.30. The molecule has 14 heavy (non-hydrogen) atoms. The highest BCUT2D eigenvalue weighted by molar-refractivity contribution is 5.80. The fourth-order valence-corrected chi connectivity index (χ4v) is 1.31. The molecule has 1 heterocycles. The maximum Gasteiger partial charge on any atom is 0.258 e. The summed E-state index contributed by atoms with van der Waals surface area (Å²) in [5.41, 5.74) is 0.793. The molecule has 4 nitrogen and oxygen atoms in total. The van der Waals surface area contributed by atoms with Gasteiger partial charge in [0.1, 0.15) is 5.75 Å². The lowest BCUT2D eigenvalue weighted by Crippen LogP contribution is -2.06. The molecule has 72 valence electrons. The van der Waals surface area contributed by atoms with Crippen LogP contribution in [-0.2, 0) is 0 Å². The second kappa shape index (κ2) is 3.14. The van der Waals surface area contributed by atoms with Crippen molar-refractivity contribution < 1.29 is 8.85 Å². The summed E-state index contributed by atoms with van der Waals surface area (Å²) in [6, 6.07) is 3.01. The number of benzene rings is 1. The first kappa shape index (κ1) is 5.80. The molecular formula is C10H10N2O2. The normalized spacial score (nSPS) is 14.5. The molecule has 0 spiro atoms. The number of rotatable bonds is 1. The van der Waals surface area contributed by atoms with E-state index in [2.05, 4.69) is 9.97 Å². The predicted octanol–water partition coefficient (Wildman–Crippen LogP) is 1.24. The number of ether oxygens (including phenoxy) is 1. The van der Waals surface area contributed by atoms with Gasteiger partial charge in [0.15, 0.2) is 0 Å². The van der Waals surface area contributed by atoms with E-state index in [1.807, 2.05) is 0 Å². The van der Waals surface area contributed by atoms with Crippen LogP contribution in [0.4, 0.5) is 0 Å². The zero-order valence-electron chi connectivity index (χ0n) is 10.5. The molecule has 0 bridgehead atoms. The van der Waals surface area contributed by atoms with Crippen molar-refractivity contribution in [2.45, 2.75) is 6.92 Å². The van der Waals surface area contributed by atoms with E-state index in [1.54, 1.807) is 13.0 Å². The van der Waals surface area contributed by atoms with Crippen LogP contribution in [0.15, 0.2) is 23.3 Å². The molecule has 0 aliphatic heterocycles. The lowest BCUT2D eigenvalue weighted by Gasteiger charge is -2.04. The quantitative estimate of drug-likeness (QED) is 0.741. The second-order valence-corrected chi connectivity index (χ2v) is 2.97. The largest absolute Gasteiger partial charge is 0.496 e. The van der Waals surface area contributed by atoms with Crippen molar-refractivity contribution in [1.29, 1.82) is 0 Å². The molecule has 0 fully saturated rings. The Hall–Kier alpha value is -1.84. The second-order valence-electron chi connectivity index (χ2n) is 2.97. The van der Waals surface area contributed by atoms with Crippen LogP contribution in [0, 0.1) is 6.92 Å². The summed E-state index contributed by atoms with van der Waals surface area (Å²) >= 11 is 0. The number of aromatic nitrogens is 2. The van der Waals surface area contributed by atoms with Crippen LogP contribution in [-0.4, -0.2) is 17.0 Å². The zero-order chi connectivity index (χ0) is 12.6. The van der Waals surface area contributed by atoms with Crippen molar-refractivity contribution in [3.63, 3.8) is 0 Å². The van der Waals surface area contributed by atoms with Gasteiger partial charge in [-0.2, -0.15) is 0 Å². The fraction of sp³-hybridized carbons (Fsp3) is 0.200. The Balaban J connectivity index is 2.62. The van der Waals surface area contributed by atoms with Gasteiger partial charge < -0.3 is 9.72 Å². The van der Waals surface area contributed by atoms with Crippen molar-refractivity contribution >= 4 is 10.9 Å². The Bertz CT molecular complexity index is 619. The van der Waals surface area contributed by atoms with E-state index in [9.17, 15) is 4.79 Å². The minimum Gasteiger partial charge on any atom is -0.496 e. The molecular weight excluding hydrogens is 180 g/mol. The molecule has 0 aliphatic carbocycles. The standard InChI is InChI=1S/C10H10N2O2/c1-6-3-8-7(4-9(6)14-2)10(13)12-5-11-8/h3-5H,1-2H3,(H,11,12,13)/i2D3. The first-order chi connectivity index (χ1) is 7.87. The third-order valence-electron chi connectivity index (χ3n) is 2.05. The molecule has 2 rings (SSSR count). The zero-order valence-corrected chi connectivity index (χ0v) is 7.50. The Kier molecular flexibility index (Phi) is 1.30. The Morgan fingerprint density at radius 1 is 1.57 bits per heavy atom. The van der Waals surface area contributed by atoms with Gasteiger partial charge in [0, 0.05) is 0 Å². The van der Waals surface area contributed by atoms with Crippen molar-refractivity contribution in [1.82, 2.24) is 9.97 Å². The van der Waals surface area contributed by atoms with E-state index in [1.165, 1.54) is 12.4 Å². The van der Waals surface area contributed by atoms with Crippen molar-refractivity contribution in [3.8, 4) is 5.75 Å². The maximum atomic E-state index is 11.5. The molecule has 1 aromatic heterocycles. The first-order valence-corrected chi connectivity index (χ1v) is 4.04. The summed E-state index contributed by atoms with van der Waals surface area (Å²) in [5, 5.41) is 0.303. The summed E-state index contributed by atoms with van der Waals surface area (Å²) in [7, 11) is -2.53. The Morgan fingerprint density at radius 3 is 3.21 bits per heavy atom. The lowest BCUT2D eigenvalue weighted by molar-refractivity contribution is 0.412. The molecule has 2 aromatic rings. The van der Waals surface area contributed by atoms with Gasteiger partial charge in [0.25, 0.3) is 5.56 Å². The SMILES string of the molecule is [2H]C([2H])([2H])Oc1cc2c(=O)[nH]cnc2cc1C. The lowest BCUT2D eigenvalue weighted by atomic mass is 10.1. The first-order valence-electron chi connectivity index (χ1n) is 5.54. The van der Waals surface area contributed by atoms with Crippen LogP contribution in [0.1, 0.15) is 9.68 Å². The van der Waals surface area contributed by atoms with E-state index in [4.69, 9.17) is 8.85 Å². The fourth-order valence-electron chi connectivity index (χ4n) is 1.31. The Labute approximate surface area is 84.8 Å². The minimum absolute atomic E-state index is 0.163. The summed E-state index contributed by atoms with van der Waals surface area (Å²) < 4.78 is 25.9. The number of nitrogens with one attached hydrogen (secondary N) is 1. The molecule has 1 aromatic carbocycles. The van der Waals surface area contributed by atoms with Gasteiger partial charge in [0.2, 0.25) is 0 Å². The average molecular weight is 193 g/mol. The van der Waals surface area contributed by atoms with E-state index < -0.39 is 7.04 Å². The number of hydrogen-bond donors (Lipinski definition) is 1. The summed E-state index contributed by atoms with van der Waals surface area (Å²) in [4.78, 5) is 17.9. The topological polar surface area (TPSA) is 55.0 Å². The number of nitrogens with zero attached hydrogens (tertiary/aromatic N) is 1. The van der Waals surface area contributed by atoms with E-state index in [0.717, 1.165) is 0 Å². The van der Waals surface area contributed by atoms with Crippen LogP contribution in [0.3, 0.4) is 0 Å². The minimum atomic E-state index is -2.53. The van der Waals surface area contributed by atoms with Gasteiger partial charge in [-0.25, -0.2) is 4.98 Å². The molecule has 0 saturated carbocycles. The number of aromatic amines is 1. The third-order valence-corrected chi connectivity index (χ3v) is 2.05. The monoisotopic (exact) mass is 193 g/mol. The van der Waals surface area contributed by atoms with E-state index in [0.29, 0.717) is 16.5 Å². The highest BCUT2D eigenvalue weighted by Crippen LogP contribution is 2.21. The summed E-state index contributed by atoms with van der Waals surface area (Å²) in [6.45, 7) is 1.70. The van der Waals surface area contributed by atoms with Crippen LogP contribution in [0.5, 0.6) is 5.75 Å². The smallest absolute Gasteiger partial charge is 0.258 e. The predicted molar refractivity (Wildman–Crippen MR) is 53.7 cm³/mol. The molecule has 0 atom stereocenters. The molecule has 4 heteroatoms. The van der Waals surface area contributed by atoms with E-state index >= 15 is 0 Å². The van der Waals surface area contributed by atoms with Gasteiger partial charge in [-0.15, -0.1) is 0 Å². The molecule has 0 amide bonds. The maximum absolute atomic E-state index is 11.5. The van der Waals surface area contributed by atoms with Crippen molar-refractivity contribution in [2.75, 3.05) is 7.04 Å². The molecule has 0 unspecified atom stereocenters. The number of fused-ring (bicyclic) bond motifs is 1. The number of methoxy groups -OCH3 is 1. The van der Waals surface area contributed by atoms with Crippen LogP contribution < -0.4 is 10.3 Å².